The minimum absolute atomic E-state index is 0.0736. The Morgan fingerprint density at radius 3 is 2.25 bits per heavy atom. The van der Waals surface area contributed by atoms with Crippen molar-refractivity contribution in [1.82, 2.24) is 0 Å². The van der Waals surface area contributed by atoms with E-state index in [4.69, 9.17) is 0 Å². The van der Waals surface area contributed by atoms with E-state index in [0.29, 0.717) is 11.1 Å². The van der Waals surface area contributed by atoms with Gasteiger partial charge in [-0.15, -0.1) is 0 Å². The summed E-state index contributed by atoms with van der Waals surface area (Å²) in [6.07, 6.45) is 1.57. The van der Waals surface area contributed by atoms with Crippen LogP contribution in [0.3, 0.4) is 0 Å². The van der Waals surface area contributed by atoms with E-state index in [1.807, 2.05) is 24.3 Å². The standard InChI is InChI=1S/C20H22FNO2/c1-4-22(5-2)17-10-7-15(8-11-17)12-18(20(23)24)16-9-6-14(3)19(21)13-16/h6-13H,4-5H2,1-3H3,(H,23,24)/b18-12-. The van der Waals surface area contributed by atoms with Crippen LogP contribution in [0.4, 0.5) is 10.1 Å². The Hall–Kier alpha value is -2.62. The average Bonchev–Trinajstić information content (AvgIpc) is 2.57. The Balaban J connectivity index is 2.37. The van der Waals surface area contributed by atoms with Crippen LogP contribution < -0.4 is 4.90 Å². The SMILES string of the molecule is CCN(CC)c1ccc(/C=C(\C(=O)O)c2ccc(C)c(F)c2)cc1. The van der Waals surface area contributed by atoms with Crippen LogP contribution in [0.2, 0.25) is 0 Å². The summed E-state index contributed by atoms with van der Waals surface area (Å²) in [5.41, 5.74) is 2.79. The Morgan fingerprint density at radius 1 is 1.12 bits per heavy atom. The van der Waals surface area contributed by atoms with Gasteiger partial charge in [-0.3, -0.25) is 0 Å². The number of carboxylic acid groups (broad SMARTS) is 1. The first-order valence-electron chi connectivity index (χ1n) is 8.02. The maximum atomic E-state index is 13.7. The van der Waals surface area contributed by atoms with Crippen molar-refractivity contribution in [3.8, 4) is 0 Å². The van der Waals surface area contributed by atoms with Gasteiger partial charge in [-0.2, -0.15) is 0 Å². The maximum absolute atomic E-state index is 13.7. The number of carboxylic acids is 1. The Morgan fingerprint density at radius 2 is 1.75 bits per heavy atom. The number of hydrogen-bond donors (Lipinski definition) is 1. The number of benzene rings is 2. The Kier molecular flexibility index (Phi) is 5.74. The van der Waals surface area contributed by atoms with Crippen molar-refractivity contribution in [2.75, 3.05) is 18.0 Å². The fourth-order valence-corrected chi connectivity index (χ4v) is 2.57. The molecule has 0 saturated carbocycles. The van der Waals surface area contributed by atoms with Crippen LogP contribution >= 0.6 is 0 Å². The van der Waals surface area contributed by atoms with E-state index in [2.05, 4.69) is 18.7 Å². The third-order valence-corrected chi connectivity index (χ3v) is 4.05. The lowest BCUT2D eigenvalue weighted by atomic mass is 10.0. The summed E-state index contributed by atoms with van der Waals surface area (Å²) < 4.78 is 13.7. The minimum atomic E-state index is -1.08. The number of anilines is 1. The fourth-order valence-electron chi connectivity index (χ4n) is 2.57. The van der Waals surface area contributed by atoms with Crippen LogP contribution in [0.1, 0.15) is 30.5 Å². The van der Waals surface area contributed by atoms with Gasteiger partial charge in [0.25, 0.3) is 0 Å². The van der Waals surface area contributed by atoms with Gasteiger partial charge in [-0.05, 0) is 61.7 Å². The van der Waals surface area contributed by atoms with Crippen LogP contribution in [-0.2, 0) is 4.79 Å². The van der Waals surface area contributed by atoms with Gasteiger partial charge in [0.1, 0.15) is 5.82 Å². The first-order valence-corrected chi connectivity index (χ1v) is 8.02. The van der Waals surface area contributed by atoms with E-state index in [9.17, 15) is 14.3 Å². The predicted molar refractivity (Wildman–Crippen MR) is 96.6 cm³/mol. The molecule has 3 nitrogen and oxygen atoms in total. The van der Waals surface area contributed by atoms with Crippen LogP contribution in [0, 0.1) is 12.7 Å². The number of halogens is 1. The summed E-state index contributed by atoms with van der Waals surface area (Å²) in [4.78, 5) is 13.8. The van der Waals surface area contributed by atoms with Gasteiger partial charge in [0.2, 0.25) is 0 Å². The lowest BCUT2D eigenvalue weighted by molar-refractivity contribution is -0.130. The molecule has 4 heteroatoms. The average molecular weight is 327 g/mol. The fraction of sp³-hybridized carbons (Fsp3) is 0.250. The van der Waals surface area contributed by atoms with Crippen molar-refractivity contribution in [2.24, 2.45) is 0 Å². The van der Waals surface area contributed by atoms with E-state index in [1.165, 1.54) is 6.07 Å². The van der Waals surface area contributed by atoms with Gasteiger partial charge in [-0.1, -0.05) is 24.3 Å². The zero-order chi connectivity index (χ0) is 17.7. The molecule has 0 unspecified atom stereocenters. The van der Waals surface area contributed by atoms with Crippen molar-refractivity contribution in [2.45, 2.75) is 20.8 Å². The van der Waals surface area contributed by atoms with E-state index in [0.717, 1.165) is 24.3 Å². The van der Waals surface area contributed by atoms with Crippen molar-refractivity contribution in [3.63, 3.8) is 0 Å². The van der Waals surface area contributed by atoms with Gasteiger partial charge in [-0.25, -0.2) is 9.18 Å². The second-order valence-corrected chi connectivity index (χ2v) is 5.59. The molecular weight excluding hydrogens is 305 g/mol. The molecule has 0 aromatic heterocycles. The number of aliphatic carboxylic acids is 1. The van der Waals surface area contributed by atoms with Gasteiger partial charge in [0.15, 0.2) is 0 Å². The second-order valence-electron chi connectivity index (χ2n) is 5.59. The van der Waals surface area contributed by atoms with Gasteiger partial charge < -0.3 is 10.0 Å². The van der Waals surface area contributed by atoms with Crippen molar-refractivity contribution in [1.29, 1.82) is 0 Å². The van der Waals surface area contributed by atoms with E-state index in [1.54, 1.807) is 25.1 Å². The predicted octanol–water partition coefficient (Wildman–Crippen LogP) is 4.61. The molecule has 0 atom stereocenters. The van der Waals surface area contributed by atoms with Crippen LogP contribution in [0.5, 0.6) is 0 Å². The van der Waals surface area contributed by atoms with Crippen molar-refractivity contribution in [3.05, 3.63) is 65.0 Å². The van der Waals surface area contributed by atoms with Gasteiger partial charge >= 0.3 is 5.97 Å². The molecule has 0 aliphatic rings. The monoisotopic (exact) mass is 327 g/mol. The van der Waals surface area contributed by atoms with Gasteiger partial charge in [0, 0.05) is 18.8 Å². The number of aryl methyl sites for hydroxylation is 1. The third kappa shape index (κ3) is 4.02. The summed E-state index contributed by atoms with van der Waals surface area (Å²) >= 11 is 0. The molecule has 0 radical (unpaired) electrons. The summed E-state index contributed by atoms with van der Waals surface area (Å²) in [6.45, 7) is 7.65. The molecule has 0 aliphatic carbocycles. The molecule has 0 heterocycles. The molecule has 0 fully saturated rings. The molecule has 0 amide bonds. The second kappa shape index (κ2) is 7.77. The first-order chi connectivity index (χ1) is 11.5. The molecule has 2 aromatic rings. The van der Waals surface area contributed by atoms with E-state index >= 15 is 0 Å². The topological polar surface area (TPSA) is 40.5 Å². The molecule has 2 rings (SSSR count). The zero-order valence-corrected chi connectivity index (χ0v) is 14.2. The number of hydrogen-bond acceptors (Lipinski definition) is 2. The lowest BCUT2D eigenvalue weighted by Crippen LogP contribution is -2.21. The highest BCUT2D eigenvalue weighted by Gasteiger charge is 2.12. The summed E-state index contributed by atoms with van der Waals surface area (Å²) in [6, 6.07) is 12.2. The van der Waals surface area contributed by atoms with Gasteiger partial charge in [0.05, 0.1) is 5.57 Å². The molecule has 2 aromatic carbocycles. The lowest BCUT2D eigenvalue weighted by Gasteiger charge is -2.20. The van der Waals surface area contributed by atoms with Crippen LogP contribution in [0.25, 0.3) is 11.6 Å². The van der Waals surface area contributed by atoms with Crippen LogP contribution in [-0.4, -0.2) is 24.2 Å². The highest BCUT2D eigenvalue weighted by Crippen LogP contribution is 2.22. The highest BCUT2D eigenvalue weighted by atomic mass is 19.1. The minimum Gasteiger partial charge on any atom is -0.478 e. The Bertz CT molecular complexity index is 747. The quantitative estimate of drug-likeness (QED) is 0.622. The first kappa shape index (κ1) is 17.7. The normalized spacial score (nSPS) is 11.4. The molecule has 0 aliphatic heterocycles. The Labute approximate surface area is 142 Å². The van der Waals surface area contributed by atoms with E-state index < -0.39 is 11.8 Å². The van der Waals surface area contributed by atoms with E-state index in [-0.39, 0.29) is 5.57 Å². The third-order valence-electron chi connectivity index (χ3n) is 4.05. The number of rotatable bonds is 6. The molecular formula is C20H22FNO2. The maximum Gasteiger partial charge on any atom is 0.336 e. The number of nitrogens with zero attached hydrogens (tertiary/aromatic N) is 1. The van der Waals surface area contributed by atoms with Crippen LogP contribution in [0.15, 0.2) is 42.5 Å². The molecule has 0 bridgehead atoms. The zero-order valence-electron chi connectivity index (χ0n) is 14.2. The number of carbonyl (C=O) groups is 1. The molecule has 0 saturated heterocycles. The molecule has 1 N–H and O–H groups in total. The molecule has 126 valence electrons. The molecule has 0 spiro atoms. The van der Waals surface area contributed by atoms with Crippen molar-refractivity contribution >= 4 is 23.3 Å². The summed E-state index contributed by atoms with van der Waals surface area (Å²) in [5.74, 6) is -1.48. The largest absolute Gasteiger partial charge is 0.478 e. The summed E-state index contributed by atoms with van der Waals surface area (Å²) in [5, 5.41) is 9.47. The highest BCUT2D eigenvalue weighted by molar-refractivity contribution is 6.20. The van der Waals surface area contributed by atoms with Crippen molar-refractivity contribution < 1.29 is 14.3 Å². The summed E-state index contributed by atoms with van der Waals surface area (Å²) in [7, 11) is 0. The smallest absolute Gasteiger partial charge is 0.336 e. The molecule has 24 heavy (non-hydrogen) atoms.